The fourth-order valence-electron chi connectivity index (χ4n) is 3.27. The number of methoxy groups -OCH3 is 1. The number of benzene rings is 2. The van der Waals surface area contributed by atoms with Crippen LogP contribution in [0.1, 0.15) is 28.1 Å². The van der Waals surface area contributed by atoms with Gasteiger partial charge in [0.2, 0.25) is 11.6 Å². The van der Waals surface area contributed by atoms with Crippen molar-refractivity contribution in [1.82, 2.24) is 4.98 Å². The number of aliphatic carboxylic acids is 1. The largest absolute Gasteiger partial charge is 0.493 e. The highest BCUT2D eigenvalue weighted by Crippen LogP contribution is 2.27. The monoisotopic (exact) mass is 407 g/mol. The average Bonchev–Trinajstić information content (AvgIpc) is 3.09. The first-order valence-corrected chi connectivity index (χ1v) is 9.63. The van der Waals surface area contributed by atoms with E-state index in [-0.39, 0.29) is 5.76 Å². The molecule has 0 fully saturated rings. The molecule has 0 unspecified atom stereocenters. The highest BCUT2D eigenvalue weighted by molar-refractivity contribution is 5.90. The van der Waals surface area contributed by atoms with Crippen LogP contribution in [-0.2, 0) is 16.0 Å². The summed E-state index contributed by atoms with van der Waals surface area (Å²) in [6.07, 6.45) is 2.12. The number of hydrogen-bond acceptors (Lipinski definition) is 5. The predicted molar refractivity (Wildman–Crippen MR) is 114 cm³/mol. The van der Waals surface area contributed by atoms with Crippen LogP contribution in [0.3, 0.4) is 0 Å². The maximum atomic E-state index is 11.1. The SMILES string of the molecule is CO/C(=C\c1cc(C)c(OCCc2nc(-c3ccccc3)oc2C)c(C)c1)C(=O)O. The molecule has 1 N–H and O–H groups in total. The molecule has 3 aromatic rings. The number of hydrogen-bond donors (Lipinski definition) is 1. The molecule has 0 aliphatic heterocycles. The van der Waals surface area contributed by atoms with Crippen molar-refractivity contribution in [1.29, 1.82) is 0 Å². The Morgan fingerprint density at radius 3 is 2.40 bits per heavy atom. The second-order valence-corrected chi connectivity index (χ2v) is 6.99. The molecule has 0 atom stereocenters. The number of carboxylic acid groups (broad SMARTS) is 1. The van der Waals surface area contributed by atoms with Crippen molar-refractivity contribution in [3.05, 3.63) is 76.4 Å². The Kier molecular flexibility index (Phi) is 6.57. The molecular weight excluding hydrogens is 382 g/mol. The molecule has 2 aromatic carbocycles. The van der Waals surface area contributed by atoms with Crippen molar-refractivity contribution >= 4 is 12.0 Å². The Hall–Kier alpha value is -3.54. The van der Waals surface area contributed by atoms with Crippen molar-refractivity contribution in [3.8, 4) is 17.2 Å². The molecule has 30 heavy (non-hydrogen) atoms. The quantitative estimate of drug-likeness (QED) is 0.420. The molecule has 0 saturated heterocycles. The third-order valence-electron chi connectivity index (χ3n) is 4.71. The predicted octanol–water partition coefficient (Wildman–Crippen LogP) is 4.96. The molecular formula is C24H25NO5. The van der Waals surface area contributed by atoms with E-state index < -0.39 is 5.97 Å². The normalized spacial score (nSPS) is 11.4. The molecule has 0 saturated carbocycles. The number of carbonyl (C=O) groups is 1. The molecule has 0 amide bonds. The number of aromatic nitrogens is 1. The summed E-state index contributed by atoms with van der Waals surface area (Å²) < 4.78 is 16.7. The van der Waals surface area contributed by atoms with Gasteiger partial charge in [-0.1, -0.05) is 18.2 Å². The van der Waals surface area contributed by atoms with E-state index in [9.17, 15) is 4.79 Å². The van der Waals surface area contributed by atoms with Crippen molar-refractivity contribution in [2.24, 2.45) is 0 Å². The van der Waals surface area contributed by atoms with E-state index in [1.807, 2.05) is 63.2 Å². The van der Waals surface area contributed by atoms with E-state index in [0.29, 0.717) is 18.9 Å². The summed E-state index contributed by atoms with van der Waals surface area (Å²) in [4.78, 5) is 15.7. The van der Waals surface area contributed by atoms with Gasteiger partial charge in [0.05, 0.1) is 19.4 Å². The van der Waals surface area contributed by atoms with Crippen LogP contribution in [0, 0.1) is 20.8 Å². The fourth-order valence-corrected chi connectivity index (χ4v) is 3.27. The van der Waals surface area contributed by atoms with Crippen LogP contribution >= 0.6 is 0 Å². The number of aryl methyl sites for hydroxylation is 3. The van der Waals surface area contributed by atoms with Gasteiger partial charge in [0.25, 0.3) is 0 Å². The highest BCUT2D eigenvalue weighted by atomic mass is 16.5. The van der Waals surface area contributed by atoms with Gasteiger partial charge in [0.15, 0.2) is 0 Å². The zero-order chi connectivity index (χ0) is 21.7. The summed E-state index contributed by atoms with van der Waals surface area (Å²) in [6, 6.07) is 13.5. The molecule has 0 aliphatic rings. The topological polar surface area (TPSA) is 81.8 Å². The molecule has 3 rings (SSSR count). The number of rotatable bonds is 8. The molecule has 6 nitrogen and oxygen atoms in total. The van der Waals surface area contributed by atoms with Gasteiger partial charge in [-0.15, -0.1) is 0 Å². The summed E-state index contributed by atoms with van der Waals surface area (Å²) in [5.41, 5.74) is 4.40. The summed E-state index contributed by atoms with van der Waals surface area (Å²) in [7, 11) is 1.34. The Morgan fingerprint density at radius 1 is 1.13 bits per heavy atom. The number of carboxylic acids is 1. The smallest absolute Gasteiger partial charge is 0.371 e. The first-order valence-electron chi connectivity index (χ1n) is 9.63. The number of nitrogens with zero attached hydrogens (tertiary/aromatic N) is 1. The summed E-state index contributed by atoms with van der Waals surface area (Å²) in [5, 5.41) is 9.12. The summed E-state index contributed by atoms with van der Waals surface area (Å²) in [6.45, 7) is 6.22. The van der Waals surface area contributed by atoms with Crippen LogP contribution in [-0.4, -0.2) is 29.8 Å². The standard InChI is InChI=1S/C24H25NO5/c1-15-12-18(14-21(28-4)24(26)27)13-16(2)22(15)29-11-10-20-17(3)30-23(25-20)19-8-6-5-7-9-19/h5-9,12-14H,10-11H2,1-4H3,(H,26,27)/b21-14-. The van der Waals surface area contributed by atoms with Gasteiger partial charge in [0.1, 0.15) is 11.5 Å². The van der Waals surface area contributed by atoms with Crippen molar-refractivity contribution < 1.29 is 23.8 Å². The highest BCUT2D eigenvalue weighted by Gasteiger charge is 2.13. The molecule has 1 heterocycles. The minimum absolute atomic E-state index is 0.113. The first-order chi connectivity index (χ1) is 14.4. The lowest BCUT2D eigenvalue weighted by molar-refractivity contribution is -0.135. The van der Waals surface area contributed by atoms with E-state index in [0.717, 1.165) is 39.5 Å². The van der Waals surface area contributed by atoms with Gasteiger partial charge in [0, 0.05) is 12.0 Å². The van der Waals surface area contributed by atoms with Crippen molar-refractivity contribution in [2.45, 2.75) is 27.2 Å². The second kappa shape index (κ2) is 9.31. The van der Waals surface area contributed by atoms with Crippen molar-refractivity contribution in [2.75, 3.05) is 13.7 Å². The maximum Gasteiger partial charge on any atom is 0.371 e. The van der Waals surface area contributed by atoms with E-state index in [1.54, 1.807) is 0 Å². The van der Waals surface area contributed by atoms with E-state index in [4.69, 9.17) is 19.0 Å². The van der Waals surface area contributed by atoms with Gasteiger partial charge in [-0.3, -0.25) is 0 Å². The molecule has 6 heteroatoms. The lowest BCUT2D eigenvalue weighted by atomic mass is 10.0. The van der Waals surface area contributed by atoms with E-state index >= 15 is 0 Å². The van der Waals surface area contributed by atoms with Crippen LogP contribution in [0.5, 0.6) is 5.75 Å². The van der Waals surface area contributed by atoms with E-state index in [2.05, 4.69) is 4.98 Å². The van der Waals surface area contributed by atoms with Gasteiger partial charge in [-0.2, -0.15) is 0 Å². The van der Waals surface area contributed by atoms with Crippen LogP contribution < -0.4 is 4.74 Å². The van der Waals surface area contributed by atoms with Crippen LogP contribution in [0.2, 0.25) is 0 Å². The number of ether oxygens (including phenoxy) is 2. The first kappa shape index (κ1) is 21.2. The molecule has 0 aliphatic carbocycles. The van der Waals surface area contributed by atoms with E-state index in [1.165, 1.54) is 13.2 Å². The minimum Gasteiger partial charge on any atom is -0.493 e. The zero-order valence-corrected chi connectivity index (χ0v) is 17.6. The summed E-state index contributed by atoms with van der Waals surface area (Å²) in [5.74, 6) is 0.959. The minimum atomic E-state index is -1.11. The Bertz CT molecular complexity index is 1040. The fraction of sp³-hybridized carbons (Fsp3) is 0.250. The van der Waals surface area contributed by atoms with Gasteiger partial charge in [-0.25, -0.2) is 9.78 Å². The Balaban J connectivity index is 1.70. The Labute approximate surface area is 175 Å². The lowest BCUT2D eigenvalue weighted by Crippen LogP contribution is -2.05. The summed E-state index contributed by atoms with van der Waals surface area (Å²) >= 11 is 0. The van der Waals surface area contributed by atoms with Crippen LogP contribution in [0.4, 0.5) is 0 Å². The Morgan fingerprint density at radius 2 is 1.80 bits per heavy atom. The van der Waals surface area contributed by atoms with Crippen LogP contribution in [0.25, 0.3) is 17.5 Å². The average molecular weight is 407 g/mol. The third kappa shape index (κ3) is 4.89. The second-order valence-electron chi connectivity index (χ2n) is 6.99. The van der Waals surface area contributed by atoms with Gasteiger partial charge >= 0.3 is 5.97 Å². The molecule has 0 radical (unpaired) electrons. The molecule has 1 aromatic heterocycles. The van der Waals surface area contributed by atoms with Gasteiger partial charge < -0.3 is 19.0 Å². The molecule has 0 spiro atoms. The molecule has 156 valence electrons. The maximum absolute atomic E-state index is 11.1. The van der Waals surface area contributed by atoms with Crippen LogP contribution in [0.15, 0.2) is 52.6 Å². The third-order valence-corrected chi connectivity index (χ3v) is 4.71. The van der Waals surface area contributed by atoms with Gasteiger partial charge in [-0.05, 0) is 67.8 Å². The number of oxazole rings is 1. The zero-order valence-electron chi connectivity index (χ0n) is 17.6. The lowest BCUT2D eigenvalue weighted by Gasteiger charge is -2.13. The molecule has 0 bridgehead atoms. The van der Waals surface area contributed by atoms with Crippen molar-refractivity contribution in [3.63, 3.8) is 0 Å².